The molecule has 3 aliphatic carbocycles. The summed E-state index contributed by atoms with van der Waals surface area (Å²) in [5.41, 5.74) is 3.00. The average molecular weight is 359 g/mol. The molecule has 0 heterocycles. The number of rotatable bonds is 3. The van der Waals surface area contributed by atoms with E-state index < -0.39 is 12.6 Å². The molecule has 0 saturated heterocycles. The summed E-state index contributed by atoms with van der Waals surface area (Å²) in [4.78, 5) is 15.9. The van der Waals surface area contributed by atoms with Crippen LogP contribution in [0.4, 0.5) is 0 Å². The molecule has 1 aromatic rings. The van der Waals surface area contributed by atoms with Crippen LogP contribution < -0.4 is 0 Å². The van der Waals surface area contributed by atoms with E-state index in [0.29, 0.717) is 12.3 Å². The maximum atomic E-state index is 10.8. The quantitative estimate of drug-likeness (QED) is 0.721. The average Bonchev–Trinajstić information content (AvgIpc) is 2.89. The summed E-state index contributed by atoms with van der Waals surface area (Å²) < 4.78 is 0. The molecule has 140 valence electrons. The van der Waals surface area contributed by atoms with E-state index in [1.165, 1.54) is 5.56 Å². The van der Waals surface area contributed by atoms with Gasteiger partial charge in [0.1, 0.15) is 5.75 Å². The van der Waals surface area contributed by atoms with Crippen LogP contribution in [0.5, 0.6) is 5.75 Å². The molecule has 0 amide bonds. The van der Waals surface area contributed by atoms with E-state index in [-0.39, 0.29) is 29.1 Å². The lowest BCUT2D eigenvalue weighted by molar-refractivity contribution is -0.142. The second kappa shape index (κ2) is 6.27. The molecule has 2 saturated carbocycles. The van der Waals surface area contributed by atoms with Crippen LogP contribution in [0.1, 0.15) is 49.7 Å². The number of aliphatic hydroxyl groups is 1. The summed E-state index contributed by atoms with van der Waals surface area (Å²) in [6.45, 7) is 1.71. The smallest absolute Gasteiger partial charge is 0.344 e. The molecular weight excluding hydrogens is 334 g/mol. The van der Waals surface area contributed by atoms with Crippen molar-refractivity contribution >= 4 is 11.7 Å². The summed E-state index contributed by atoms with van der Waals surface area (Å²) >= 11 is 0. The lowest BCUT2D eigenvalue weighted by Crippen LogP contribution is -2.47. The van der Waals surface area contributed by atoms with E-state index in [1.54, 1.807) is 12.1 Å². The molecule has 1 aromatic carbocycles. The fraction of sp³-hybridized carbons (Fsp3) is 0.600. The molecule has 5 atom stereocenters. The van der Waals surface area contributed by atoms with Crippen molar-refractivity contribution in [3.8, 4) is 5.75 Å². The van der Waals surface area contributed by atoms with Crippen molar-refractivity contribution in [1.82, 2.24) is 0 Å². The first-order valence-electron chi connectivity index (χ1n) is 9.30. The number of hydrogen-bond acceptors (Lipinski definition) is 5. The molecule has 0 aromatic heterocycles. The van der Waals surface area contributed by atoms with Crippen LogP contribution in [0, 0.1) is 17.3 Å². The first-order chi connectivity index (χ1) is 12.4. The van der Waals surface area contributed by atoms with E-state index in [1.807, 2.05) is 6.07 Å². The minimum atomic E-state index is -1.05. The van der Waals surface area contributed by atoms with Crippen molar-refractivity contribution in [3.05, 3.63) is 29.3 Å². The number of fused-ring (bicyclic) bond motifs is 5. The number of carbonyl (C=O) groups is 1. The number of phenolic OH excluding ortho intramolecular Hbond substituents is 1. The largest absolute Gasteiger partial charge is 0.508 e. The van der Waals surface area contributed by atoms with Gasteiger partial charge in [-0.25, -0.2) is 4.79 Å². The van der Waals surface area contributed by atoms with E-state index in [0.717, 1.165) is 37.0 Å². The standard InChI is InChI=1S/C20H25NO5/c1-20-7-6-14-13-3-2-12(22)8-11(13)9-16(21-26-10-18(24)25)19(14)15(20)4-5-17(20)23/h2-3,8,14-15,17,19,22-23H,4-7,9-10H2,1H3,(H,24,25)/t14-,15+,17+,19-,20+/m1/s1. The maximum absolute atomic E-state index is 10.8. The topological polar surface area (TPSA) is 99.4 Å². The Hall–Kier alpha value is -2.08. The predicted molar refractivity (Wildman–Crippen MR) is 95.1 cm³/mol. The molecule has 0 unspecified atom stereocenters. The highest BCUT2D eigenvalue weighted by atomic mass is 16.6. The van der Waals surface area contributed by atoms with E-state index >= 15 is 0 Å². The van der Waals surface area contributed by atoms with Gasteiger partial charge in [0, 0.05) is 12.3 Å². The molecule has 6 nitrogen and oxygen atoms in total. The zero-order valence-corrected chi connectivity index (χ0v) is 14.9. The highest BCUT2D eigenvalue weighted by Crippen LogP contribution is 2.60. The fourth-order valence-electron chi connectivity index (χ4n) is 5.61. The second-order valence-electron chi connectivity index (χ2n) is 8.19. The monoisotopic (exact) mass is 359 g/mol. The Balaban J connectivity index is 1.74. The van der Waals surface area contributed by atoms with Crippen molar-refractivity contribution in [3.63, 3.8) is 0 Å². The Kier molecular flexibility index (Phi) is 4.18. The highest BCUT2D eigenvalue weighted by Gasteiger charge is 2.56. The van der Waals surface area contributed by atoms with Crippen molar-refractivity contribution < 1.29 is 25.0 Å². The fourth-order valence-corrected chi connectivity index (χ4v) is 5.61. The van der Waals surface area contributed by atoms with Gasteiger partial charge in [-0.3, -0.25) is 0 Å². The summed E-state index contributed by atoms with van der Waals surface area (Å²) in [6, 6.07) is 5.51. The van der Waals surface area contributed by atoms with E-state index in [9.17, 15) is 15.0 Å². The Morgan fingerprint density at radius 3 is 2.92 bits per heavy atom. The maximum Gasteiger partial charge on any atom is 0.344 e. The predicted octanol–water partition coefficient (Wildman–Crippen LogP) is 2.68. The van der Waals surface area contributed by atoms with Gasteiger partial charge in [0.2, 0.25) is 6.61 Å². The van der Waals surface area contributed by atoms with Gasteiger partial charge in [0.05, 0.1) is 11.8 Å². The normalized spacial score (nSPS) is 36.9. The van der Waals surface area contributed by atoms with Crippen molar-refractivity contribution in [1.29, 1.82) is 0 Å². The van der Waals surface area contributed by atoms with E-state index in [4.69, 9.17) is 9.94 Å². The summed E-state index contributed by atoms with van der Waals surface area (Å²) in [5, 5.41) is 33.5. The number of aliphatic hydroxyl groups excluding tert-OH is 1. The molecule has 4 rings (SSSR count). The third kappa shape index (κ3) is 2.67. The van der Waals surface area contributed by atoms with Gasteiger partial charge in [-0.1, -0.05) is 18.1 Å². The number of benzene rings is 1. The Labute approximate surface area is 152 Å². The van der Waals surface area contributed by atoms with Crippen LogP contribution in [-0.4, -0.2) is 39.7 Å². The van der Waals surface area contributed by atoms with Gasteiger partial charge in [0.15, 0.2) is 0 Å². The van der Waals surface area contributed by atoms with Crippen LogP contribution in [0.15, 0.2) is 23.4 Å². The molecule has 2 fully saturated rings. The molecule has 3 N–H and O–H groups in total. The molecule has 0 spiro atoms. The van der Waals surface area contributed by atoms with Gasteiger partial charge in [-0.15, -0.1) is 0 Å². The highest BCUT2D eigenvalue weighted by molar-refractivity contribution is 5.92. The Morgan fingerprint density at radius 1 is 1.35 bits per heavy atom. The molecule has 0 bridgehead atoms. The van der Waals surface area contributed by atoms with Gasteiger partial charge in [0.25, 0.3) is 0 Å². The van der Waals surface area contributed by atoms with Crippen molar-refractivity contribution in [2.75, 3.05) is 6.61 Å². The minimum absolute atomic E-state index is 0.122. The van der Waals surface area contributed by atoms with Crippen LogP contribution in [0.25, 0.3) is 0 Å². The molecular formula is C20H25NO5. The van der Waals surface area contributed by atoms with Crippen LogP contribution in [0.2, 0.25) is 0 Å². The van der Waals surface area contributed by atoms with Crippen molar-refractivity contribution in [2.24, 2.45) is 22.4 Å². The molecule has 6 heteroatoms. The molecule has 3 aliphatic rings. The third-order valence-electron chi connectivity index (χ3n) is 6.87. The zero-order chi connectivity index (χ0) is 18.5. The lowest BCUT2D eigenvalue weighted by atomic mass is 9.55. The number of phenols is 1. The first kappa shape index (κ1) is 17.3. The molecule has 0 aliphatic heterocycles. The van der Waals surface area contributed by atoms with Crippen LogP contribution >= 0.6 is 0 Å². The van der Waals surface area contributed by atoms with E-state index in [2.05, 4.69) is 12.1 Å². The molecule has 26 heavy (non-hydrogen) atoms. The number of nitrogens with zero attached hydrogens (tertiary/aromatic N) is 1. The number of aromatic hydroxyl groups is 1. The lowest BCUT2D eigenvalue weighted by Gasteiger charge is -2.50. The SMILES string of the molecule is C[C@]12CC[C@@H]3c4ccc(O)cc4CC(=NOCC(=O)O)[C@H]3[C@@H]1CC[C@@H]2O. The van der Waals surface area contributed by atoms with Gasteiger partial charge in [-0.2, -0.15) is 0 Å². The Morgan fingerprint density at radius 2 is 2.15 bits per heavy atom. The minimum Gasteiger partial charge on any atom is -0.508 e. The second-order valence-corrected chi connectivity index (χ2v) is 8.19. The van der Waals surface area contributed by atoms with Crippen LogP contribution in [0.3, 0.4) is 0 Å². The molecule has 0 radical (unpaired) electrons. The number of oxime groups is 1. The number of carboxylic acids is 1. The zero-order valence-electron chi connectivity index (χ0n) is 14.9. The number of aliphatic carboxylic acids is 1. The van der Waals surface area contributed by atoms with Crippen LogP contribution in [-0.2, 0) is 16.1 Å². The summed E-state index contributed by atoms with van der Waals surface area (Å²) in [7, 11) is 0. The number of carboxylic acid groups (broad SMARTS) is 1. The first-order valence-corrected chi connectivity index (χ1v) is 9.30. The Bertz CT molecular complexity index is 761. The van der Waals surface area contributed by atoms with Gasteiger partial charge >= 0.3 is 5.97 Å². The number of hydrogen-bond donors (Lipinski definition) is 3. The summed E-state index contributed by atoms with van der Waals surface area (Å²) in [6.07, 6.45) is 3.91. The third-order valence-corrected chi connectivity index (χ3v) is 6.87. The van der Waals surface area contributed by atoms with Gasteiger partial charge < -0.3 is 20.2 Å². The van der Waals surface area contributed by atoms with Crippen molar-refractivity contribution in [2.45, 2.75) is 51.0 Å². The van der Waals surface area contributed by atoms with Gasteiger partial charge in [-0.05, 0) is 66.2 Å². The summed E-state index contributed by atoms with van der Waals surface area (Å²) in [5.74, 6) is -0.0912.